The van der Waals surface area contributed by atoms with Crippen LogP contribution in [-0.2, 0) is 33.9 Å². The highest BCUT2D eigenvalue weighted by atomic mass is 32.2. The molecule has 3 aromatic rings. The Morgan fingerprint density at radius 1 is 1.05 bits per heavy atom. The molecule has 3 aliphatic rings. The van der Waals surface area contributed by atoms with Crippen molar-refractivity contribution in [2.75, 3.05) is 13.7 Å². The first kappa shape index (κ1) is 45.9. The minimum absolute atomic E-state index is 0.0102. The van der Waals surface area contributed by atoms with Crippen molar-refractivity contribution in [2.24, 2.45) is 17.3 Å². The summed E-state index contributed by atoms with van der Waals surface area (Å²) in [6.45, 7) is 24.0. The molecule has 16 heteroatoms. The number of nitrogens with one attached hydrogen (secondary N) is 2. The minimum Gasteiger partial charge on any atom is -0.496 e. The number of likely N-dealkylation sites (tertiary alicyclic amines) is 1. The molecule has 1 saturated heterocycles. The molecule has 0 radical (unpaired) electrons. The van der Waals surface area contributed by atoms with Gasteiger partial charge in [-0.25, -0.2) is 18.4 Å². The van der Waals surface area contributed by atoms with Gasteiger partial charge in [-0.2, -0.15) is 0 Å². The predicted molar refractivity (Wildman–Crippen MR) is 235 cm³/mol. The molecule has 1 aromatic carbocycles. The molecule has 2 aromatic heterocycles. The molecule has 0 spiro atoms. The maximum atomic E-state index is 15.0. The number of ether oxygens (including phenoxy) is 3. The van der Waals surface area contributed by atoms with E-state index in [1.165, 1.54) is 22.3 Å². The van der Waals surface area contributed by atoms with Gasteiger partial charge >= 0.3 is 5.97 Å². The normalized spacial score (nSPS) is 23.9. The van der Waals surface area contributed by atoms with Gasteiger partial charge in [0.25, 0.3) is 5.91 Å². The first-order chi connectivity index (χ1) is 28.2. The quantitative estimate of drug-likeness (QED) is 0.126. The van der Waals surface area contributed by atoms with E-state index in [9.17, 15) is 27.6 Å². The van der Waals surface area contributed by atoms with Crippen molar-refractivity contribution in [3.05, 3.63) is 47.5 Å². The standard InChI is InChI=1S/C45H61N5O9S2/c1-14-27-21-45(27,40(54)49-61(55,56)44(12)17-18-44)48-37(52)32-22-43(11,24-50(32)39(53)29(41(5,6)7)19-35(51)59-42(8,9)10)58-34-20-30(38-47-31(23-60-38)25(2)3)46-36-26(4)33(57-13)16-15-28(34)36/h14-16,20,23,25,27,29,32H,1,17-19,21-22,24H2,2-13H3,(H,48,52)(H,49,54)/t27-,29-,32+,43-,45-/m1/s1. The summed E-state index contributed by atoms with van der Waals surface area (Å²) in [6.07, 6.45) is 2.23. The number of carbonyl (C=O) groups excluding carboxylic acids is 4. The average molecular weight is 880 g/mol. The number of benzene rings is 1. The third-order valence-corrected chi connectivity index (χ3v) is 15.2. The van der Waals surface area contributed by atoms with Crippen LogP contribution < -0.4 is 19.5 Å². The second-order valence-corrected chi connectivity index (χ2v) is 22.9. The zero-order chi connectivity index (χ0) is 45.2. The predicted octanol–water partition coefficient (Wildman–Crippen LogP) is 6.99. The minimum atomic E-state index is -4.03. The first-order valence-corrected chi connectivity index (χ1v) is 23.2. The fourth-order valence-corrected chi connectivity index (χ4v) is 10.2. The van der Waals surface area contributed by atoms with E-state index in [0.29, 0.717) is 45.9 Å². The molecule has 2 N–H and O–H groups in total. The van der Waals surface area contributed by atoms with Gasteiger partial charge < -0.3 is 24.4 Å². The lowest BCUT2D eigenvalue weighted by atomic mass is 9.77. The molecule has 2 aliphatic carbocycles. The van der Waals surface area contributed by atoms with Gasteiger partial charge in [-0.1, -0.05) is 40.7 Å². The number of amides is 3. The topological polar surface area (TPSA) is 183 Å². The van der Waals surface area contributed by atoms with Crippen molar-refractivity contribution >= 4 is 56.0 Å². The monoisotopic (exact) mass is 879 g/mol. The summed E-state index contributed by atoms with van der Waals surface area (Å²) in [6, 6.07) is 4.33. The van der Waals surface area contributed by atoms with E-state index in [-0.39, 0.29) is 31.7 Å². The summed E-state index contributed by atoms with van der Waals surface area (Å²) in [5, 5.41) is 6.25. The Morgan fingerprint density at radius 3 is 2.26 bits per heavy atom. The van der Waals surface area contributed by atoms with Gasteiger partial charge in [0.2, 0.25) is 21.8 Å². The number of nitrogens with zero attached hydrogens (tertiary/aromatic N) is 3. The molecule has 1 aliphatic heterocycles. The molecule has 14 nitrogen and oxygen atoms in total. The summed E-state index contributed by atoms with van der Waals surface area (Å²) in [5.41, 5.74) is -1.40. The number of esters is 1. The maximum absolute atomic E-state index is 15.0. The third-order valence-electron chi connectivity index (χ3n) is 12.2. The van der Waals surface area contributed by atoms with E-state index in [1.54, 1.807) is 34.8 Å². The van der Waals surface area contributed by atoms with Crippen LogP contribution in [-0.4, -0.2) is 88.2 Å². The number of aryl methyl sites for hydroxylation is 1. The van der Waals surface area contributed by atoms with Crippen LogP contribution in [0.4, 0.5) is 0 Å². The molecule has 61 heavy (non-hydrogen) atoms. The van der Waals surface area contributed by atoms with E-state index < -0.39 is 78.5 Å². The Morgan fingerprint density at radius 2 is 1.72 bits per heavy atom. The molecule has 3 amide bonds. The van der Waals surface area contributed by atoms with Crippen molar-refractivity contribution < 1.29 is 41.8 Å². The van der Waals surface area contributed by atoms with Crippen molar-refractivity contribution in [1.29, 1.82) is 0 Å². The van der Waals surface area contributed by atoms with E-state index in [0.717, 1.165) is 11.3 Å². The number of thiazole rings is 1. The van der Waals surface area contributed by atoms with Crippen LogP contribution in [0.2, 0.25) is 0 Å². The lowest BCUT2D eigenvalue weighted by molar-refractivity contribution is -0.161. The Balaban J connectivity index is 1.40. The molecule has 0 bridgehead atoms. The fourth-order valence-electron chi connectivity index (χ4n) is 7.95. The molecular formula is C45H61N5O9S2. The first-order valence-electron chi connectivity index (χ1n) is 20.8. The van der Waals surface area contributed by atoms with Gasteiger partial charge in [-0.3, -0.25) is 23.9 Å². The second kappa shape index (κ2) is 16.0. The van der Waals surface area contributed by atoms with Crippen molar-refractivity contribution in [1.82, 2.24) is 24.9 Å². The lowest BCUT2D eigenvalue weighted by Gasteiger charge is -2.35. The van der Waals surface area contributed by atoms with E-state index in [1.807, 2.05) is 58.2 Å². The van der Waals surface area contributed by atoms with E-state index in [2.05, 4.69) is 30.5 Å². The highest BCUT2D eigenvalue weighted by molar-refractivity contribution is 7.91. The molecule has 5 atom stereocenters. The van der Waals surface area contributed by atoms with E-state index in [4.69, 9.17) is 24.2 Å². The number of methoxy groups -OCH3 is 1. The number of hydrogen-bond acceptors (Lipinski definition) is 12. The average Bonchev–Trinajstić information content (AvgIpc) is 3.96. The molecule has 2 saturated carbocycles. The number of aromatic nitrogens is 2. The highest BCUT2D eigenvalue weighted by Gasteiger charge is 2.63. The van der Waals surface area contributed by atoms with Gasteiger partial charge in [-0.05, 0) is 84.3 Å². The Kier molecular flexibility index (Phi) is 12.0. The van der Waals surface area contributed by atoms with Crippen molar-refractivity contribution in [3.8, 4) is 22.2 Å². The SMILES string of the molecule is C=C[C@@H]1C[C@]1(NC(=O)[C@@H]1C[C@@](C)(Oc2cc(-c3nc(C(C)C)cs3)nc3c(C)c(OC)ccc23)CN1C(=O)[C@@H](CC(=O)OC(C)(C)C)C(C)(C)C)C(=O)NS(=O)(=O)C1(C)CC1. The number of carbonyl (C=O) groups is 4. The number of fused-ring (bicyclic) bond motifs is 1. The molecule has 3 heterocycles. The second-order valence-electron chi connectivity index (χ2n) is 19.9. The lowest BCUT2D eigenvalue weighted by Crippen LogP contribution is -2.57. The Labute approximate surface area is 363 Å². The smallest absolute Gasteiger partial charge is 0.307 e. The summed E-state index contributed by atoms with van der Waals surface area (Å²) in [4.78, 5) is 68.2. The van der Waals surface area contributed by atoms with Crippen LogP contribution in [0, 0.1) is 24.2 Å². The van der Waals surface area contributed by atoms with Crippen LogP contribution in [0.3, 0.4) is 0 Å². The fraction of sp³-hybridized carbons (Fsp3) is 0.600. The maximum Gasteiger partial charge on any atom is 0.307 e. The summed E-state index contributed by atoms with van der Waals surface area (Å²) < 4.78 is 45.8. The number of rotatable bonds is 14. The van der Waals surface area contributed by atoms with Crippen molar-refractivity contribution in [3.63, 3.8) is 0 Å². The number of pyridine rings is 1. The van der Waals surface area contributed by atoms with Crippen LogP contribution >= 0.6 is 11.3 Å². The van der Waals surface area contributed by atoms with Crippen molar-refractivity contribution in [2.45, 2.75) is 142 Å². The zero-order valence-electron chi connectivity index (χ0n) is 37.5. The van der Waals surface area contributed by atoms with Gasteiger partial charge in [-0.15, -0.1) is 17.9 Å². The molecule has 0 unspecified atom stereocenters. The Hall–Kier alpha value is -4.57. The third kappa shape index (κ3) is 9.30. The zero-order valence-corrected chi connectivity index (χ0v) is 39.1. The van der Waals surface area contributed by atoms with Crippen LogP contribution in [0.1, 0.15) is 119 Å². The summed E-state index contributed by atoms with van der Waals surface area (Å²) in [7, 11) is -2.44. The Bertz CT molecular complexity index is 2380. The van der Waals surface area contributed by atoms with Crippen LogP contribution in [0.15, 0.2) is 36.2 Å². The molecule has 3 fully saturated rings. The van der Waals surface area contributed by atoms with Gasteiger partial charge in [0.05, 0.1) is 42.0 Å². The van der Waals surface area contributed by atoms with Gasteiger partial charge in [0.1, 0.15) is 45.0 Å². The van der Waals surface area contributed by atoms with Crippen LogP contribution in [0.25, 0.3) is 21.6 Å². The van der Waals surface area contributed by atoms with Crippen LogP contribution in [0.5, 0.6) is 11.5 Å². The van der Waals surface area contributed by atoms with Gasteiger partial charge in [0, 0.05) is 34.7 Å². The largest absolute Gasteiger partial charge is 0.496 e. The van der Waals surface area contributed by atoms with E-state index >= 15 is 0 Å². The molecule has 332 valence electrons. The number of hydrogen-bond donors (Lipinski definition) is 2. The van der Waals surface area contributed by atoms with Gasteiger partial charge in [0.15, 0.2) is 0 Å². The molecular weight excluding hydrogens is 819 g/mol. The number of sulfonamides is 1. The highest BCUT2D eigenvalue weighted by Crippen LogP contribution is 2.48. The summed E-state index contributed by atoms with van der Waals surface area (Å²) in [5.74, 6) is -2.70. The summed E-state index contributed by atoms with van der Waals surface area (Å²) >= 11 is 1.47. The molecule has 6 rings (SSSR count).